The third kappa shape index (κ3) is 2.20. The molecule has 0 spiro atoms. The number of aromatic nitrogens is 2. The molecule has 2 aromatic rings. The number of imidazole rings is 1. The maximum Gasteiger partial charge on any atom is 0.184 e. The lowest BCUT2D eigenvalue weighted by Crippen LogP contribution is -2.16. The highest BCUT2D eigenvalue weighted by molar-refractivity contribution is 6.16. The van der Waals surface area contributed by atoms with E-state index in [0.717, 1.165) is 6.07 Å². The summed E-state index contributed by atoms with van der Waals surface area (Å²) in [5.74, 6) is -1.17. The number of nitrogens with zero attached hydrogens (tertiary/aromatic N) is 2. The van der Waals surface area contributed by atoms with E-state index in [-0.39, 0.29) is 17.5 Å². The molecular formula is C12H13ClF2N2O. The number of alkyl halides is 1. The fourth-order valence-corrected chi connectivity index (χ4v) is 2.04. The zero-order valence-electron chi connectivity index (χ0n) is 10.1. The molecule has 0 aliphatic carbocycles. The number of fused-ring (bicyclic) bond motifs is 1. The lowest BCUT2D eigenvalue weighted by Gasteiger charge is -2.13. The molecule has 1 aromatic carbocycles. The first-order valence-corrected chi connectivity index (χ1v) is 6.03. The Morgan fingerprint density at radius 1 is 1.44 bits per heavy atom. The number of ether oxygens (including phenoxy) is 1. The number of hydrogen-bond donors (Lipinski definition) is 0. The molecule has 6 heteroatoms. The Morgan fingerprint density at radius 2 is 2.17 bits per heavy atom. The first-order valence-electron chi connectivity index (χ1n) is 5.50. The average Bonchev–Trinajstić information content (AvgIpc) is 2.72. The Hall–Kier alpha value is -1.20. The van der Waals surface area contributed by atoms with Crippen LogP contribution in [0.4, 0.5) is 8.78 Å². The summed E-state index contributed by atoms with van der Waals surface area (Å²) < 4.78 is 33.8. The monoisotopic (exact) mass is 274 g/mol. The van der Waals surface area contributed by atoms with Gasteiger partial charge in [-0.1, -0.05) is 0 Å². The van der Waals surface area contributed by atoms with Crippen molar-refractivity contribution in [2.75, 3.05) is 7.11 Å². The molecule has 2 rings (SSSR count). The lowest BCUT2D eigenvalue weighted by molar-refractivity contribution is 0.103. The SMILES string of the molecule is COC(C)Cn1c(CCl)nc2ccc(F)c(F)c21. The molecule has 1 unspecified atom stereocenters. The molecule has 1 atom stereocenters. The average molecular weight is 275 g/mol. The van der Waals surface area contributed by atoms with Crippen molar-refractivity contribution >= 4 is 22.6 Å². The second-order valence-electron chi connectivity index (χ2n) is 4.05. The van der Waals surface area contributed by atoms with Gasteiger partial charge in [-0.05, 0) is 19.1 Å². The maximum atomic E-state index is 13.8. The number of hydrogen-bond acceptors (Lipinski definition) is 2. The van der Waals surface area contributed by atoms with Gasteiger partial charge in [0.05, 0.1) is 24.0 Å². The molecule has 0 fully saturated rings. The van der Waals surface area contributed by atoms with Gasteiger partial charge in [-0.3, -0.25) is 0 Å². The van der Waals surface area contributed by atoms with Crippen molar-refractivity contribution in [3.8, 4) is 0 Å². The van der Waals surface area contributed by atoms with Crippen molar-refractivity contribution < 1.29 is 13.5 Å². The molecule has 1 aromatic heterocycles. The van der Waals surface area contributed by atoms with Crippen molar-refractivity contribution in [2.45, 2.75) is 25.5 Å². The van der Waals surface area contributed by atoms with Gasteiger partial charge < -0.3 is 9.30 Å². The summed E-state index contributed by atoms with van der Waals surface area (Å²) in [4.78, 5) is 4.19. The third-order valence-corrected chi connectivity index (χ3v) is 3.08. The minimum atomic E-state index is -0.903. The molecule has 3 nitrogen and oxygen atoms in total. The predicted molar refractivity (Wildman–Crippen MR) is 65.7 cm³/mol. The Kier molecular flexibility index (Phi) is 3.82. The van der Waals surface area contributed by atoms with Crippen molar-refractivity contribution in [1.82, 2.24) is 9.55 Å². The molecule has 0 bridgehead atoms. The molecule has 0 aliphatic heterocycles. The van der Waals surface area contributed by atoms with E-state index in [9.17, 15) is 8.78 Å². The minimum absolute atomic E-state index is 0.131. The van der Waals surface area contributed by atoms with Crippen LogP contribution in [0.1, 0.15) is 12.7 Å². The van der Waals surface area contributed by atoms with E-state index in [2.05, 4.69) is 4.98 Å². The van der Waals surface area contributed by atoms with Gasteiger partial charge in [0.1, 0.15) is 11.3 Å². The number of rotatable bonds is 4. The minimum Gasteiger partial charge on any atom is -0.380 e. The molecular weight excluding hydrogens is 262 g/mol. The summed E-state index contributed by atoms with van der Waals surface area (Å²) in [6, 6.07) is 2.50. The number of benzene rings is 1. The maximum absolute atomic E-state index is 13.8. The van der Waals surface area contributed by atoms with E-state index in [1.165, 1.54) is 6.07 Å². The zero-order chi connectivity index (χ0) is 13.3. The van der Waals surface area contributed by atoms with Crippen LogP contribution in [0, 0.1) is 11.6 Å². The summed E-state index contributed by atoms with van der Waals surface area (Å²) in [6.45, 7) is 2.20. The Bertz CT molecular complexity index is 571. The molecule has 0 aliphatic rings. The number of methoxy groups -OCH3 is 1. The van der Waals surface area contributed by atoms with Crippen LogP contribution in [0.3, 0.4) is 0 Å². The Labute approximate surface area is 108 Å². The van der Waals surface area contributed by atoms with Crippen LogP contribution >= 0.6 is 11.6 Å². The zero-order valence-corrected chi connectivity index (χ0v) is 10.8. The van der Waals surface area contributed by atoms with Crippen molar-refractivity contribution in [1.29, 1.82) is 0 Å². The van der Waals surface area contributed by atoms with Gasteiger partial charge in [0.2, 0.25) is 0 Å². The molecule has 18 heavy (non-hydrogen) atoms. The highest BCUT2D eigenvalue weighted by atomic mass is 35.5. The first-order chi connectivity index (χ1) is 8.58. The van der Waals surface area contributed by atoms with E-state index in [0.29, 0.717) is 17.9 Å². The highest BCUT2D eigenvalue weighted by Crippen LogP contribution is 2.23. The number of halogens is 3. The summed E-state index contributed by atoms with van der Waals surface area (Å²) in [7, 11) is 1.56. The van der Waals surface area contributed by atoms with Gasteiger partial charge in [-0.2, -0.15) is 0 Å². The second-order valence-corrected chi connectivity index (χ2v) is 4.31. The van der Waals surface area contributed by atoms with Gasteiger partial charge in [-0.15, -0.1) is 11.6 Å². The molecule has 98 valence electrons. The van der Waals surface area contributed by atoms with Crippen LogP contribution in [0.25, 0.3) is 11.0 Å². The largest absolute Gasteiger partial charge is 0.380 e. The third-order valence-electron chi connectivity index (χ3n) is 2.84. The fourth-order valence-electron chi connectivity index (χ4n) is 1.84. The quantitative estimate of drug-likeness (QED) is 0.801. The van der Waals surface area contributed by atoms with Crippen LogP contribution in [0.2, 0.25) is 0 Å². The van der Waals surface area contributed by atoms with Crippen LogP contribution in [-0.2, 0) is 17.2 Å². The summed E-state index contributed by atoms with van der Waals surface area (Å²) in [5, 5.41) is 0. The molecule has 0 radical (unpaired) electrons. The molecule has 0 saturated carbocycles. The second kappa shape index (κ2) is 5.20. The van der Waals surface area contributed by atoms with Crippen molar-refractivity contribution in [3.63, 3.8) is 0 Å². The van der Waals surface area contributed by atoms with E-state index < -0.39 is 11.6 Å². The van der Waals surface area contributed by atoms with E-state index in [4.69, 9.17) is 16.3 Å². The summed E-state index contributed by atoms with van der Waals surface area (Å²) >= 11 is 5.78. The normalized spacial score (nSPS) is 13.2. The molecule has 0 N–H and O–H groups in total. The van der Waals surface area contributed by atoms with Gasteiger partial charge in [0, 0.05) is 7.11 Å². The van der Waals surface area contributed by atoms with Crippen LogP contribution in [0.15, 0.2) is 12.1 Å². The molecule has 0 saturated heterocycles. The van der Waals surface area contributed by atoms with Crippen molar-refractivity contribution in [3.05, 3.63) is 29.6 Å². The topological polar surface area (TPSA) is 27.1 Å². The van der Waals surface area contributed by atoms with E-state index >= 15 is 0 Å². The van der Waals surface area contributed by atoms with Gasteiger partial charge in [0.15, 0.2) is 11.6 Å². The van der Waals surface area contributed by atoms with Crippen molar-refractivity contribution in [2.24, 2.45) is 0 Å². The summed E-state index contributed by atoms with van der Waals surface area (Å²) in [6.07, 6.45) is -0.146. The highest BCUT2D eigenvalue weighted by Gasteiger charge is 2.18. The molecule has 1 heterocycles. The van der Waals surface area contributed by atoms with Crippen LogP contribution < -0.4 is 0 Å². The van der Waals surface area contributed by atoms with E-state index in [1.807, 2.05) is 6.92 Å². The van der Waals surface area contributed by atoms with Gasteiger partial charge in [-0.25, -0.2) is 13.8 Å². The van der Waals surface area contributed by atoms with Gasteiger partial charge in [0.25, 0.3) is 0 Å². The standard InChI is InChI=1S/C12H13ClF2N2O/c1-7(18-2)6-17-10(5-13)16-9-4-3-8(14)11(15)12(9)17/h3-4,7H,5-6H2,1-2H3. The van der Waals surface area contributed by atoms with E-state index in [1.54, 1.807) is 11.7 Å². The fraction of sp³-hybridized carbons (Fsp3) is 0.417. The lowest BCUT2D eigenvalue weighted by atomic mass is 10.3. The Morgan fingerprint density at radius 3 is 2.78 bits per heavy atom. The predicted octanol–water partition coefficient (Wildman–Crippen LogP) is 3.09. The smallest absolute Gasteiger partial charge is 0.184 e. The Balaban J connectivity index is 2.63. The summed E-state index contributed by atoms with van der Waals surface area (Å²) in [5.41, 5.74) is 0.530. The van der Waals surface area contributed by atoms with Gasteiger partial charge >= 0.3 is 0 Å². The van der Waals surface area contributed by atoms with Crippen LogP contribution in [0.5, 0.6) is 0 Å². The molecule has 0 amide bonds. The first kappa shape index (κ1) is 13.2. The van der Waals surface area contributed by atoms with Crippen LogP contribution in [-0.4, -0.2) is 22.8 Å².